The summed E-state index contributed by atoms with van der Waals surface area (Å²) in [6, 6.07) is 0. The zero-order valence-electron chi connectivity index (χ0n) is 25.3. The quantitative estimate of drug-likeness (QED) is 0.377. The molecule has 3 saturated heterocycles. The Hall–Kier alpha value is -0.580. The van der Waals surface area contributed by atoms with Crippen LogP contribution in [-0.2, 0) is 18.9 Å². The van der Waals surface area contributed by atoms with Gasteiger partial charge in [0, 0.05) is 12.3 Å². The Kier molecular flexibility index (Phi) is 7.27. The molecule has 8 heteroatoms. The van der Waals surface area contributed by atoms with Crippen LogP contribution in [0.5, 0.6) is 0 Å². The predicted molar refractivity (Wildman–Crippen MR) is 150 cm³/mol. The summed E-state index contributed by atoms with van der Waals surface area (Å²) in [4.78, 5) is 0. The Balaban J connectivity index is 1.05. The topological polar surface area (TPSA) is 118 Å². The standard InChI is InChI=1S/C33H52O8/c1-17-7-12-33(38-16-17)18(2)26-24(41-33)14-23-21-6-5-19-13-20(8-10-31(19,3)22(21)9-11-32(23,26)4)39-30-29(37)28(36)27(35)25(15-34)40-30/h5,17-18,20-30,34-37H,6-16H2,1-4H3/t17-,18-,20?,21-,22+,23+,24-,25-,26+,27-,28+,29-,30-,31+,32-,33-/m1/s1. The molecule has 8 nitrogen and oxygen atoms in total. The molecule has 3 aliphatic heterocycles. The largest absolute Gasteiger partial charge is 0.394 e. The van der Waals surface area contributed by atoms with E-state index in [0.29, 0.717) is 47.0 Å². The van der Waals surface area contributed by atoms with Gasteiger partial charge >= 0.3 is 0 Å². The van der Waals surface area contributed by atoms with Gasteiger partial charge in [-0.3, -0.25) is 0 Å². The zero-order chi connectivity index (χ0) is 28.9. The lowest BCUT2D eigenvalue weighted by molar-refractivity contribution is -0.313. The summed E-state index contributed by atoms with van der Waals surface area (Å²) < 4.78 is 25.3. The maximum atomic E-state index is 10.5. The second-order valence-corrected chi connectivity index (χ2v) is 15.5. The van der Waals surface area contributed by atoms with Gasteiger partial charge in [0.1, 0.15) is 24.4 Å². The van der Waals surface area contributed by atoms with Crippen LogP contribution in [0.1, 0.15) is 85.5 Å². The van der Waals surface area contributed by atoms with Crippen LogP contribution in [0.4, 0.5) is 0 Å². The highest BCUT2D eigenvalue weighted by atomic mass is 16.7. The second kappa shape index (κ2) is 10.2. The first-order chi connectivity index (χ1) is 19.5. The molecule has 3 heterocycles. The van der Waals surface area contributed by atoms with Crippen LogP contribution in [0.15, 0.2) is 11.6 Å². The van der Waals surface area contributed by atoms with E-state index in [9.17, 15) is 20.4 Å². The molecule has 0 aromatic heterocycles. The van der Waals surface area contributed by atoms with Gasteiger partial charge in [0.25, 0.3) is 0 Å². The average molecular weight is 577 g/mol. The van der Waals surface area contributed by atoms with E-state index in [0.717, 1.165) is 45.1 Å². The monoisotopic (exact) mass is 576 g/mol. The summed E-state index contributed by atoms with van der Waals surface area (Å²) in [5.41, 5.74) is 1.91. The van der Waals surface area contributed by atoms with E-state index in [-0.39, 0.29) is 17.3 Å². The summed E-state index contributed by atoms with van der Waals surface area (Å²) in [6.45, 7) is 10.1. The van der Waals surface area contributed by atoms with Gasteiger partial charge in [0.2, 0.25) is 0 Å². The normalized spacial score (nSPS) is 58.3. The van der Waals surface area contributed by atoms with Crippen LogP contribution in [-0.4, -0.2) is 82.3 Å². The number of aliphatic hydroxyl groups is 4. The minimum Gasteiger partial charge on any atom is -0.394 e. The number of hydrogen-bond donors (Lipinski definition) is 4. The van der Waals surface area contributed by atoms with Crippen LogP contribution in [0.2, 0.25) is 0 Å². The molecule has 0 radical (unpaired) electrons. The first-order valence-electron chi connectivity index (χ1n) is 16.5. The highest BCUT2D eigenvalue weighted by Gasteiger charge is 2.68. The van der Waals surface area contributed by atoms with Crippen LogP contribution >= 0.6 is 0 Å². The van der Waals surface area contributed by atoms with Gasteiger partial charge in [-0.15, -0.1) is 0 Å². The molecule has 3 saturated carbocycles. The Morgan fingerprint density at radius 3 is 2.51 bits per heavy atom. The smallest absolute Gasteiger partial charge is 0.186 e. The van der Waals surface area contributed by atoms with Gasteiger partial charge in [-0.25, -0.2) is 0 Å². The number of ether oxygens (including phenoxy) is 4. The summed E-state index contributed by atoms with van der Waals surface area (Å²) in [5.74, 6) is 3.28. The molecule has 0 aromatic carbocycles. The van der Waals surface area contributed by atoms with E-state index in [1.807, 2.05) is 0 Å². The van der Waals surface area contributed by atoms with E-state index in [2.05, 4.69) is 33.8 Å². The highest BCUT2D eigenvalue weighted by Crippen LogP contribution is 2.70. The minimum atomic E-state index is -1.41. The molecule has 7 rings (SSSR count). The SMILES string of the molecule is C[C@@H]1CC[C@@]2(OC1)O[C@@H]1C[C@H]3[C@@H]4CC=C5CC(O[C@@H]6O[C@H](CO)[C@@H](O)[C@H](O)[C@H]6O)CC[C@]5(C)[C@H]4CC[C@@]3(C)[C@H]1[C@H]2C. The molecule has 4 N–H and O–H groups in total. The first-order valence-corrected chi connectivity index (χ1v) is 16.5. The van der Waals surface area contributed by atoms with E-state index in [1.54, 1.807) is 0 Å². The summed E-state index contributed by atoms with van der Waals surface area (Å²) in [5, 5.41) is 40.4. The van der Waals surface area contributed by atoms with Gasteiger partial charge in [-0.05, 0) is 91.8 Å². The van der Waals surface area contributed by atoms with Crippen molar-refractivity contribution in [1.29, 1.82) is 0 Å². The van der Waals surface area contributed by atoms with Crippen LogP contribution < -0.4 is 0 Å². The third-order valence-corrected chi connectivity index (χ3v) is 13.5. The van der Waals surface area contributed by atoms with Crippen molar-refractivity contribution < 1.29 is 39.4 Å². The summed E-state index contributed by atoms with van der Waals surface area (Å²) >= 11 is 0. The van der Waals surface area contributed by atoms with E-state index in [1.165, 1.54) is 24.8 Å². The molecule has 4 aliphatic carbocycles. The lowest BCUT2D eigenvalue weighted by Crippen LogP contribution is -2.60. The number of hydrogen-bond acceptors (Lipinski definition) is 8. The van der Waals surface area contributed by atoms with E-state index < -0.39 is 37.3 Å². The summed E-state index contributed by atoms with van der Waals surface area (Å²) in [6.07, 6.45) is 6.24. The lowest BCUT2D eigenvalue weighted by atomic mass is 9.47. The zero-order valence-corrected chi connectivity index (χ0v) is 25.3. The van der Waals surface area contributed by atoms with Crippen molar-refractivity contribution in [3.05, 3.63) is 11.6 Å². The second-order valence-electron chi connectivity index (χ2n) is 15.5. The fourth-order valence-corrected chi connectivity index (χ4v) is 11.1. The molecular formula is C33H52O8. The maximum absolute atomic E-state index is 10.5. The third kappa shape index (κ3) is 4.29. The molecule has 0 amide bonds. The minimum absolute atomic E-state index is 0.129. The Bertz CT molecular complexity index is 1020. The molecular weight excluding hydrogens is 524 g/mol. The highest BCUT2D eigenvalue weighted by molar-refractivity contribution is 5.26. The van der Waals surface area contributed by atoms with Crippen LogP contribution in [0.25, 0.3) is 0 Å². The Labute approximate surface area is 244 Å². The summed E-state index contributed by atoms with van der Waals surface area (Å²) in [7, 11) is 0. The number of rotatable bonds is 3. The maximum Gasteiger partial charge on any atom is 0.186 e. The van der Waals surface area contributed by atoms with Crippen molar-refractivity contribution in [2.45, 2.75) is 134 Å². The average Bonchev–Trinajstić information content (AvgIpc) is 3.40. The van der Waals surface area contributed by atoms with Crippen LogP contribution in [0, 0.1) is 46.3 Å². The van der Waals surface area contributed by atoms with Crippen molar-refractivity contribution in [3.63, 3.8) is 0 Å². The number of allylic oxidation sites excluding steroid dienone is 1. The fourth-order valence-electron chi connectivity index (χ4n) is 11.1. The van der Waals surface area contributed by atoms with Crippen LogP contribution in [0.3, 0.4) is 0 Å². The van der Waals surface area contributed by atoms with Crippen molar-refractivity contribution in [2.24, 2.45) is 46.3 Å². The predicted octanol–water partition coefficient (Wildman–Crippen LogP) is 3.54. The lowest BCUT2D eigenvalue weighted by Gasteiger charge is -2.58. The van der Waals surface area contributed by atoms with Crippen molar-refractivity contribution in [1.82, 2.24) is 0 Å². The Morgan fingerprint density at radius 1 is 0.976 bits per heavy atom. The number of aliphatic hydroxyl groups excluding tert-OH is 4. The molecule has 0 aromatic rings. The van der Waals surface area contributed by atoms with Gasteiger partial charge in [-0.2, -0.15) is 0 Å². The van der Waals surface area contributed by atoms with Gasteiger partial charge in [0.05, 0.1) is 25.4 Å². The van der Waals surface area contributed by atoms with Crippen molar-refractivity contribution in [3.8, 4) is 0 Å². The molecule has 1 spiro atoms. The van der Waals surface area contributed by atoms with E-state index in [4.69, 9.17) is 18.9 Å². The fraction of sp³-hybridized carbons (Fsp3) is 0.939. The Morgan fingerprint density at radius 2 is 1.78 bits per heavy atom. The number of fused-ring (bicyclic) bond motifs is 7. The molecule has 0 bridgehead atoms. The van der Waals surface area contributed by atoms with E-state index >= 15 is 0 Å². The molecule has 232 valence electrons. The molecule has 7 aliphatic rings. The molecule has 1 unspecified atom stereocenters. The molecule has 16 atom stereocenters. The first kappa shape index (κ1) is 29.1. The van der Waals surface area contributed by atoms with Crippen molar-refractivity contribution >= 4 is 0 Å². The van der Waals surface area contributed by atoms with Gasteiger partial charge in [-0.1, -0.05) is 39.3 Å². The van der Waals surface area contributed by atoms with Crippen molar-refractivity contribution in [2.75, 3.05) is 13.2 Å². The molecule has 41 heavy (non-hydrogen) atoms. The third-order valence-electron chi connectivity index (χ3n) is 13.5. The van der Waals surface area contributed by atoms with Gasteiger partial charge in [0.15, 0.2) is 12.1 Å². The van der Waals surface area contributed by atoms with Gasteiger partial charge < -0.3 is 39.4 Å². The molecule has 6 fully saturated rings.